The van der Waals surface area contributed by atoms with Crippen molar-refractivity contribution in [3.05, 3.63) is 54.1 Å². The fourth-order valence-electron chi connectivity index (χ4n) is 1.87. The zero-order valence-corrected chi connectivity index (χ0v) is 10.4. The van der Waals surface area contributed by atoms with Gasteiger partial charge in [-0.15, -0.1) is 0 Å². The summed E-state index contributed by atoms with van der Waals surface area (Å²) in [7, 11) is 0. The van der Waals surface area contributed by atoms with Gasteiger partial charge < -0.3 is 5.11 Å². The summed E-state index contributed by atoms with van der Waals surface area (Å²) in [5.41, 5.74) is 2.84. The van der Waals surface area contributed by atoms with Gasteiger partial charge in [-0.3, -0.25) is 4.79 Å². The SMILES string of the molecule is CCCC(=O)c1ccc(-c2ccc(O)cc2)cc1. The molecule has 1 N–H and O–H groups in total. The second-order valence-corrected chi connectivity index (χ2v) is 4.30. The highest BCUT2D eigenvalue weighted by Gasteiger charge is 2.04. The summed E-state index contributed by atoms with van der Waals surface area (Å²) in [5.74, 6) is 0.447. The van der Waals surface area contributed by atoms with Gasteiger partial charge in [0.2, 0.25) is 0 Å². The molecule has 2 nitrogen and oxygen atoms in total. The van der Waals surface area contributed by atoms with Crippen molar-refractivity contribution < 1.29 is 9.90 Å². The average Bonchev–Trinajstić information content (AvgIpc) is 2.40. The quantitative estimate of drug-likeness (QED) is 0.819. The Kier molecular flexibility index (Phi) is 3.78. The van der Waals surface area contributed by atoms with Crippen molar-refractivity contribution in [2.45, 2.75) is 19.8 Å². The molecule has 0 saturated heterocycles. The number of ketones is 1. The van der Waals surface area contributed by atoms with Crippen molar-refractivity contribution in [2.75, 3.05) is 0 Å². The maximum Gasteiger partial charge on any atom is 0.162 e. The summed E-state index contributed by atoms with van der Waals surface area (Å²) >= 11 is 0. The number of rotatable bonds is 4. The van der Waals surface area contributed by atoms with E-state index in [1.807, 2.05) is 43.3 Å². The first-order valence-corrected chi connectivity index (χ1v) is 6.13. The Morgan fingerprint density at radius 2 is 1.44 bits per heavy atom. The van der Waals surface area contributed by atoms with Gasteiger partial charge in [0.05, 0.1) is 0 Å². The number of aromatic hydroxyl groups is 1. The average molecular weight is 240 g/mol. The molecule has 92 valence electrons. The number of Topliss-reactive ketones (excluding diaryl/α,β-unsaturated/α-hetero) is 1. The minimum Gasteiger partial charge on any atom is -0.508 e. The summed E-state index contributed by atoms with van der Waals surface area (Å²) < 4.78 is 0. The highest BCUT2D eigenvalue weighted by Crippen LogP contribution is 2.22. The van der Waals surface area contributed by atoms with Crippen LogP contribution in [0.15, 0.2) is 48.5 Å². The van der Waals surface area contributed by atoms with Crippen LogP contribution < -0.4 is 0 Å². The van der Waals surface area contributed by atoms with Crippen LogP contribution in [0.3, 0.4) is 0 Å². The summed E-state index contributed by atoms with van der Waals surface area (Å²) in [6.45, 7) is 2.00. The Hall–Kier alpha value is -2.09. The smallest absolute Gasteiger partial charge is 0.162 e. The van der Waals surface area contributed by atoms with Gasteiger partial charge in [-0.05, 0) is 29.7 Å². The van der Waals surface area contributed by atoms with Gasteiger partial charge in [-0.2, -0.15) is 0 Å². The summed E-state index contributed by atoms with van der Waals surface area (Å²) in [6, 6.07) is 14.6. The fourth-order valence-corrected chi connectivity index (χ4v) is 1.87. The molecule has 0 bridgehead atoms. The third-order valence-corrected chi connectivity index (χ3v) is 2.88. The zero-order valence-electron chi connectivity index (χ0n) is 10.4. The minimum atomic E-state index is 0.190. The molecular formula is C16H16O2. The molecule has 0 fully saturated rings. The summed E-state index contributed by atoms with van der Waals surface area (Å²) in [6.07, 6.45) is 1.47. The monoisotopic (exact) mass is 240 g/mol. The van der Waals surface area contributed by atoms with Gasteiger partial charge >= 0.3 is 0 Å². The molecule has 0 unspecified atom stereocenters. The van der Waals surface area contributed by atoms with Gasteiger partial charge in [0, 0.05) is 12.0 Å². The summed E-state index contributed by atoms with van der Waals surface area (Å²) in [4.78, 5) is 11.7. The van der Waals surface area contributed by atoms with E-state index < -0.39 is 0 Å². The molecule has 0 atom stereocenters. The van der Waals surface area contributed by atoms with Gasteiger partial charge in [0.25, 0.3) is 0 Å². The molecule has 0 spiro atoms. The van der Waals surface area contributed by atoms with Crippen molar-refractivity contribution in [1.82, 2.24) is 0 Å². The molecule has 2 aromatic rings. The predicted octanol–water partition coefficient (Wildman–Crippen LogP) is 4.04. The molecule has 0 aliphatic heterocycles. The number of hydrogen-bond donors (Lipinski definition) is 1. The van der Waals surface area contributed by atoms with E-state index in [2.05, 4.69) is 0 Å². The highest BCUT2D eigenvalue weighted by atomic mass is 16.3. The molecule has 0 radical (unpaired) electrons. The first-order chi connectivity index (χ1) is 8.70. The van der Waals surface area contributed by atoms with E-state index in [9.17, 15) is 9.90 Å². The van der Waals surface area contributed by atoms with Crippen LogP contribution in [-0.4, -0.2) is 10.9 Å². The number of carbonyl (C=O) groups is 1. The van der Waals surface area contributed by atoms with E-state index in [0.717, 1.165) is 23.1 Å². The lowest BCUT2D eigenvalue weighted by molar-refractivity contribution is 0.0982. The third-order valence-electron chi connectivity index (χ3n) is 2.88. The summed E-state index contributed by atoms with van der Waals surface area (Å²) in [5, 5.41) is 9.23. The number of phenolic OH excluding ortho intramolecular Hbond substituents is 1. The maximum absolute atomic E-state index is 11.7. The Morgan fingerprint density at radius 3 is 1.94 bits per heavy atom. The Bertz CT molecular complexity index is 524. The van der Waals surface area contributed by atoms with Crippen LogP contribution in [0.2, 0.25) is 0 Å². The topological polar surface area (TPSA) is 37.3 Å². The van der Waals surface area contributed by atoms with Gasteiger partial charge in [-0.25, -0.2) is 0 Å². The number of phenols is 1. The lowest BCUT2D eigenvalue weighted by Crippen LogP contribution is -1.97. The lowest BCUT2D eigenvalue weighted by Gasteiger charge is -2.04. The van der Waals surface area contributed by atoms with E-state index >= 15 is 0 Å². The predicted molar refractivity (Wildman–Crippen MR) is 72.8 cm³/mol. The van der Waals surface area contributed by atoms with Crippen molar-refractivity contribution in [3.8, 4) is 16.9 Å². The van der Waals surface area contributed by atoms with Crippen LogP contribution in [0, 0.1) is 0 Å². The largest absolute Gasteiger partial charge is 0.508 e. The lowest BCUT2D eigenvalue weighted by atomic mass is 10.0. The molecule has 0 aliphatic rings. The second-order valence-electron chi connectivity index (χ2n) is 4.30. The molecule has 0 amide bonds. The van der Waals surface area contributed by atoms with E-state index in [1.165, 1.54) is 0 Å². The second kappa shape index (κ2) is 5.50. The number of carbonyl (C=O) groups excluding carboxylic acids is 1. The van der Waals surface area contributed by atoms with Crippen molar-refractivity contribution >= 4 is 5.78 Å². The van der Waals surface area contributed by atoms with E-state index in [4.69, 9.17) is 0 Å². The first kappa shape index (κ1) is 12.4. The van der Waals surface area contributed by atoms with Crippen LogP contribution in [0.25, 0.3) is 11.1 Å². The number of benzene rings is 2. The van der Waals surface area contributed by atoms with Crippen molar-refractivity contribution in [1.29, 1.82) is 0 Å². The molecule has 0 saturated carbocycles. The molecule has 18 heavy (non-hydrogen) atoms. The van der Waals surface area contributed by atoms with Gasteiger partial charge in [0.1, 0.15) is 5.75 Å². The Morgan fingerprint density at radius 1 is 0.944 bits per heavy atom. The molecular weight excluding hydrogens is 224 g/mol. The first-order valence-electron chi connectivity index (χ1n) is 6.13. The maximum atomic E-state index is 11.7. The Balaban J connectivity index is 2.22. The van der Waals surface area contributed by atoms with Gasteiger partial charge in [-0.1, -0.05) is 43.3 Å². The molecule has 0 heterocycles. The van der Waals surface area contributed by atoms with E-state index in [0.29, 0.717) is 6.42 Å². The molecule has 0 aliphatic carbocycles. The Labute approximate surface area is 107 Å². The van der Waals surface area contributed by atoms with Crippen LogP contribution >= 0.6 is 0 Å². The number of hydrogen-bond acceptors (Lipinski definition) is 2. The third kappa shape index (κ3) is 2.77. The van der Waals surface area contributed by atoms with Crippen molar-refractivity contribution in [3.63, 3.8) is 0 Å². The van der Waals surface area contributed by atoms with Crippen molar-refractivity contribution in [2.24, 2.45) is 0 Å². The molecule has 0 aromatic heterocycles. The van der Waals surface area contributed by atoms with Crippen LogP contribution in [-0.2, 0) is 0 Å². The zero-order chi connectivity index (χ0) is 13.0. The van der Waals surface area contributed by atoms with Crippen LogP contribution in [0.5, 0.6) is 5.75 Å². The van der Waals surface area contributed by atoms with E-state index in [-0.39, 0.29) is 11.5 Å². The van der Waals surface area contributed by atoms with E-state index in [1.54, 1.807) is 12.1 Å². The van der Waals surface area contributed by atoms with Crippen LogP contribution in [0.4, 0.5) is 0 Å². The molecule has 2 rings (SSSR count). The fraction of sp³-hybridized carbons (Fsp3) is 0.188. The van der Waals surface area contributed by atoms with Crippen LogP contribution in [0.1, 0.15) is 30.1 Å². The minimum absolute atomic E-state index is 0.190. The van der Waals surface area contributed by atoms with Gasteiger partial charge in [0.15, 0.2) is 5.78 Å². The molecule has 2 heteroatoms. The highest BCUT2D eigenvalue weighted by molar-refractivity contribution is 5.96. The standard InChI is InChI=1S/C16H16O2/c1-2-3-16(18)14-6-4-12(5-7-14)13-8-10-15(17)11-9-13/h4-11,17H,2-3H2,1H3. The normalized spacial score (nSPS) is 10.3. The molecule has 2 aromatic carbocycles.